The van der Waals surface area contributed by atoms with Gasteiger partial charge in [-0.15, -0.1) is 0 Å². The van der Waals surface area contributed by atoms with E-state index in [0.29, 0.717) is 12.8 Å². The molecule has 0 aromatic carbocycles. The molecule has 0 saturated heterocycles. The first-order chi connectivity index (χ1) is 16.1. The molecule has 1 atom stereocenters. The topological polar surface area (TPSA) is 52.6 Å². The standard InChI is InChI=1S/C29H56O4/c1-4-6-8-10-12-14-15-17-18-20-22-24-28(30)32-26-27(3)33-29(31)25-23-21-19-16-13-11-9-7-5-2/h27H,4-26H2,1-3H3. The van der Waals surface area contributed by atoms with Gasteiger partial charge in [0.1, 0.15) is 12.7 Å². The summed E-state index contributed by atoms with van der Waals surface area (Å²) in [4.78, 5) is 23.8. The van der Waals surface area contributed by atoms with E-state index in [1.807, 2.05) is 0 Å². The van der Waals surface area contributed by atoms with E-state index < -0.39 is 0 Å². The predicted octanol–water partition coefficient (Wildman–Crippen LogP) is 9.08. The van der Waals surface area contributed by atoms with Gasteiger partial charge in [-0.3, -0.25) is 9.59 Å². The Morgan fingerprint density at radius 1 is 0.515 bits per heavy atom. The van der Waals surface area contributed by atoms with Crippen LogP contribution in [0.3, 0.4) is 0 Å². The normalized spacial score (nSPS) is 12.0. The summed E-state index contributed by atoms with van der Waals surface area (Å²) in [6, 6.07) is 0. The number of carbonyl (C=O) groups is 2. The molecule has 0 heterocycles. The second-order valence-corrected chi connectivity index (χ2v) is 9.85. The minimum atomic E-state index is -0.364. The zero-order chi connectivity index (χ0) is 24.4. The Labute approximate surface area is 206 Å². The maximum Gasteiger partial charge on any atom is 0.306 e. The van der Waals surface area contributed by atoms with Gasteiger partial charge in [0, 0.05) is 12.8 Å². The van der Waals surface area contributed by atoms with Crippen LogP contribution in [-0.4, -0.2) is 24.6 Å². The highest BCUT2D eigenvalue weighted by atomic mass is 16.6. The van der Waals surface area contributed by atoms with Crippen molar-refractivity contribution in [2.45, 2.75) is 168 Å². The Kier molecular flexibility index (Phi) is 24.7. The molecule has 0 saturated carbocycles. The highest BCUT2D eigenvalue weighted by molar-refractivity contribution is 5.70. The third-order valence-corrected chi connectivity index (χ3v) is 6.28. The first-order valence-corrected chi connectivity index (χ1v) is 14.4. The van der Waals surface area contributed by atoms with Crippen molar-refractivity contribution in [1.82, 2.24) is 0 Å². The second kappa shape index (κ2) is 25.6. The Morgan fingerprint density at radius 3 is 1.24 bits per heavy atom. The molecule has 0 bridgehead atoms. The monoisotopic (exact) mass is 468 g/mol. The lowest BCUT2D eigenvalue weighted by Gasteiger charge is -2.13. The van der Waals surface area contributed by atoms with E-state index in [0.717, 1.165) is 25.7 Å². The fourth-order valence-corrected chi connectivity index (χ4v) is 4.11. The molecule has 4 heteroatoms. The molecule has 0 aliphatic heterocycles. The average molecular weight is 469 g/mol. The molecule has 0 fully saturated rings. The largest absolute Gasteiger partial charge is 0.462 e. The first-order valence-electron chi connectivity index (χ1n) is 14.4. The highest BCUT2D eigenvalue weighted by Gasteiger charge is 2.12. The lowest BCUT2D eigenvalue weighted by molar-refractivity contribution is -0.158. The maximum atomic E-state index is 11.9. The van der Waals surface area contributed by atoms with Crippen LogP contribution >= 0.6 is 0 Å². The first kappa shape index (κ1) is 31.9. The molecule has 4 nitrogen and oxygen atoms in total. The molecule has 33 heavy (non-hydrogen) atoms. The van der Waals surface area contributed by atoms with E-state index >= 15 is 0 Å². The minimum absolute atomic E-state index is 0.167. The number of hydrogen-bond acceptors (Lipinski definition) is 4. The Bertz CT molecular complexity index is 435. The van der Waals surface area contributed by atoms with Gasteiger partial charge >= 0.3 is 11.9 Å². The number of rotatable bonds is 25. The van der Waals surface area contributed by atoms with Gasteiger partial charge in [0.15, 0.2) is 0 Å². The quantitative estimate of drug-likeness (QED) is 0.0990. The Balaban J connectivity index is 3.44. The van der Waals surface area contributed by atoms with Crippen molar-refractivity contribution >= 4 is 11.9 Å². The average Bonchev–Trinajstić information content (AvgIpc) is 2.80. The van der Waals surface area contributed by atoms with E-state index in [1.54, 1.807) is 6.92 Å². The molecule has 0 N–H and O–H groups in total. The highest BCUT2D eigenvalue weighted by Crippen LogP contribution is 2.13. The maximum absolute atomic E-state index is 11.9. The molecule has 0 amide bonds. The van der Waals surface area contributed by atoms with Gasteiger partial charge in [-0.1, -0.05) is 129 Å². The molecule has 0 rings (SSSR count). The van der Waals surface area contributed by atoms with Crippen LogP contribution in [0.25, 0.3) is 0 Å². The van der Waals surface area contributed by atoms with Crippen LogP contribution in [0, 0.1) is 0 Å². The van der Waals surface area contributed by atoms with Crippen molar-refractivity contribution in [3.8, 4) is 0 Å². The summed E-state index contributed by atoms with van der Waals surface area (Å²) in [5, 5.41) is 0. The molecular formula is C29H56O4. The summed E-state index contributed by atoms with van der Waals surface area (Å²) >= 11 is 0. The number of unbranched alkanes of at least 4 members (excludes halogenated alkanes) is 18. The fourth-order valence-electron chi connectivity index (χ4n) is 4.11. The van der Waals surface area contributed by atoms with Gasteiger partial charge in [-0.25, -0.2) is 0 Å². The SMILES string of the molecule is CCCCCCCCCCCCCC(=O)OCC(C)OC(=O)CCCCCCCCCCC. The van der Waals surface area contributed by atoms with Crippen molar-refractivity contribution in [2.24, 2.45) is 0 Å². The fraction of sp³-hybridized carbons (Fsp3) is 0.931. The molecule has 0 radical (unpaired) electrons. The van der Waals surface area contributed by atoms with E-state index in [9.17, 15) is 9.59 Å². The van der Waals surface area contributed by atoms with Gasteiger partial charge in [0.2, 0.25) is 0 Å². The summed E-state index contributed by atoms with van der Waals surface area (Å²) in [5.41, 5.74) is 0. The van der Waals surface area contributed by atoms with E-state index in [4.69, 9.17) is 9.47 Å². The Hall–Kier alpha value is -1.06. The van der Waals surface area contributed by atoms with Gasteiger partial charge in [0.05, 0.1) is 0 Å². The number of hydrogen-bond donors (Lipinski definition) is 0. The van der Waals surface area contributed by atoms with Crippen LogP contribution in [-0.2, 0) is 19.1 Å². The Morgan fingerprint density at radius 2 is 0.848 bits per heavy atom. The van der Waals surface area contributed by atoms with Crippen molar-refractivity contribution in [3.05, 3.63) is 0 Å². The van der Waals surface area contributed by atoms with Crippen LogP contribution in [0.4, 0.5) is 0 Å². The van der Waals surface area contributed by atoms with Gasteiger partial charge in [0.25, 0.3) is 0 Å². The zero-order valence-corrected chi connectivity index (χ0v) is 22.5. The summed E-state index contributed by atoms with van der Waals surface area (Å²) in [5.74, 6) is -0.348. The van der Waals surface area contributed by atoms with Gasteiger partial charge < -0.3 is 9.47 Å². The zero-order valence-electron chi connectivity index (χ0n) is 22.5. The molecule has 0 aliphatic rings. The molecule has 0 aromatic rings. The van der Waals surface area contributed by atoms with Crippen LogP contribution in [0.5, 0.6) is 0 Å². The van der Waals surface area contributed by atoms with Crippen molar-refractivity contribution in [2.75, 3.05) is 6.61 Å². The van der Waals surface area contributed by atoms with E-state index in [2.05, 4.69) is 13.8 Å². The number of carbonyl (C=O) groups excluding carboxylic acids is 2. The summed E-state index contributed by atoms with van der Waals surface area (Å²) < 4.78 is 10.6. The lowest BCUT2D eigenvalue weighted by Crippen LogP contribution is -2.22. The summed E-state index contributed by atoms with van der Waals surface area (Å²) in [6.07, 6.45) is 25.6. The summed E-state index contributed by atoms with van der Waals surface area (Å²) in [7, 11) is 0. The second-order valence-electron chi connectivity index (χ2n) is 9.85. The van der Waals surface area contributed by atoms with E-state index in [-0.39, 0.29) is 24.6 Å². The molecule has 1 unspecified atom stereocenters. The smallest absolute Gasteiger partial charge is 0.306 e. The number of ether oxygens (including phenoxy) is 2. The lowest BCUT2D eigenvalue weighted by atomic mass is 10.1. The molecule has 0 spiro atoms. The third kappa shape index (κ3) is 25.4. The molecule has 0 aliphatic carbocycles. The predicted molar refractivity (Wildman–Crippen MR) is 139 cm³/mol. The minimum Gasteiger partial charge on any atom is -0.462 e. The van der Waals surface area contributed by atoms with Crippen molar-refractivity contribution in [1.29, 1.82) is 0 Å². The van der Waals surface area contributed by atoms with E-state index in [1.165, 1.54) is 103 Å². The number of esters is 2. The summed E-state index contributed by atoms with van der Waals surface area (Å²) in [6.45, 7) is 6.46. The van der Waals surface area contributed by atoms with Crippen LogP contribution in [0.2, 0.25) is 0 Å². The van der Waals surface area contributed by atoms with Crippen LogP contribution in [0.15, 0.2) is 0 Å². The van der Waals surface area contributed by atoms with Crippen molar-refractivity contribution in [3.63, 3.8) is 0 Å². The van der Waals surface area contributed by atoms with Crippen LogP contribution < -0.4 is 0 Å². The van der Waals surface area contributed by atoms with Crippen LogP contribution in [0.1, 0.15) is 162 Å². The molecule has 0 aromatic heterocycles. The molecular weight excluding hydrogens is 412 g/mol. The van der Waals surface area contributed by atoms with Crippen molar-refractivity contribution < 1.29 is 19.1 Å². The molecule has 196 valence electrons. The third-order valence-electron chi connectivity index (χ3n) is 6.28. The van der Waals surface area contributed by atoms with Gasteiger partial charge in [-0.05, 0) is 19.8 Å². The van der Waals surface area contributed by atoms with Gasteiger partial charge in [-0.2, -0.15) is 0 Å².